The Morgan fingerprint density at radius 1 is 0.659 bits per heavy atom. The van der Waals surface area contributed by atoms with Crippen LogP contribution in [0.3, 0.4) is 0 Å². The molecule has 9 N–H and O–H groups in total. The largest absolute Gasteiger partial charge is 0.494 e. The van der Waals surface area contributed by atoms with E-state index >= 15 is 0 Å². The Kier molecular flexibility index (Phi) is 28.1. The lowest BCUT2D eigenvalue weighted by Crippen LogP contribution is -2.53. The molecule has 0 spiro atoms. The monoisotopic (exact) mass is 1210 g/mol. The van der Waals surface area contributed by atoms with E-state index in [-0.39, 0.29) is 129 Å². The summed E-state index contributed by atoms with van der Waals surface area (Å²) in [5.74, 6) is -4.62. The molecule has 27 nitrogen and oxygen atoms in total. The molecule has 4 aromatic rings. The second-order valence-electron chi connectivity index (χ2n) is 19.7. The third-order valence-corrected chi connectivity index (χ3v) is 13.6. The van der Waals surface area contributed by atoms with Gasteiger partial charge in [-0.1, -0.05) is 41.9 Å². The lowest BCUT2D eigenvalue weighted by molar-refractivity contribution is -0.142. The van der Waals surface area contributed by atoms with Gasteiger partial charge in [0.15, 0.2) is 11.4 Å². The van der Waals surface area contributed by atoms with Crippen molar-refractivity contribution in [1.29, 1.82) is 0 Å². The number of hydrogen-bond acceptors (Lipinski definition) is 17. The minimum Gasteiger partial charge on any atom is -0.494 e. The number of nitrogens with zero attached hydrogens (tertiary/aromatic N) is 5. The molecule has 0 radical (unpaired) electrons. The van der Waals surface area contributed by atoms with Crippen molar-refractivity contribution in [1.82, 2.24) is 34.8 Å². The predicted octanol–water partition coefficient (Wildman–Crippen LogP) is 3.70. The molecule has 1 fully saturated rings. The fraction of sp³-hybridized carbons (Fsp3) is 0.474. The summed E-state index contributed by atoms with van der Waals surface area (Å²) in [6.45, 7) is 6.08. The second-order valence-corrected chi connectivity index (χ2v) is 20.1. The van der Waals surface area contributed by atoms with Crippen LogP contribution >= 0.6 is 11.6 Å². The maximum atomic E-state index is 14.3. The van der Waals surface area contributed by atoms with Gasteiger partial charge in [0.2, 0.25) is 0 Å². The summed E-state index contributed by atoms with van der Waals surface area (Å²) in [4.78, 5) is 107. The van der Waals surface area contributed by atoms with E-state index < -0.39 is 72.5 Å². The standard InChI is InChI=1S/C57H76ClN9O18/c1-4-83-43-9-6-8-40(29-43)46(30-48(68)69)61-57(80)62-53-54(38(3)31-67(55(53)78)33-44-45(58)10-7-11-47(44)84-5-2)85-27-26-82-25-24-81-23-16-59-56(79)60-41-14-12-39(13-15-41)28-42-32-65(36-51(74)75)20-19-63(34-49(70)71)17-18-64(35-50(72)73)21-22-66(42)37-52(76)77/h6-15,29,31,42,46H,4-5,16-28,30,32-37H2,1-3H3,(H,68,69)(H,70,71)(H,72,73)(H,74,75)(H,76,77)(H2,59,60,79)(H2,61,62,80). The van der Waals surface area contributed by atoms with Crippen molar-refractivity contribution < 1.29 is 82.8 Å². The van der Waals surface area contributed by atoms with Crippen molar-refractivity contribution in [2.75, 3.05) is 135 Å². The van der Waals surface area contributed by atoms with Crippen molar-refractivity contribution in [3.8, 4) is 17.2 Å². The Balaban J connectivity index is 1.14. The predicted molar refractivity (Wildman–Crippen MR) is 311 cm³/mol. The zero-order valence-corrected chi connectivity index (χ0v) is 48.6. The van der Waals surface area contributed by atoms with Gasteiger partial charge in [0.05, 0.1) is 84.8 Å². The van der Waals surface area contributed by atoms with E-state index in [0.29, 0.717) is 52.1 Å². The molecule has 2 unspecified atom stereocenters. The zero-order chi connectivity index (χ0) is 61.8. The Bertz CT molecular complexity index is 2930. The Morgan fingerprint density at radius 3 is 1.89 bits per heavy atom. The number of pyridine rings is 1. The molecule has 0 saturated carbocycles. The number of anilines is 2. The number of aromatic nitrogens is 1. The Morgan fingerprint density at radius 2 is 1.26 bits per heavy atom. The van der Waals surface area contributed by atoms with Gasteiger partial charge in [-0.05, 0) is 74.7 Å². The van der Waals surface area contributed by atoms with E-state index in [9.17, 15) is 63.9 Å². The van der Waals surface area contributed by atoms with Crippen LogP contribution in [0.1, 0.15) is 48.6 Å². The first-order valence-corrected chi connectivity index (χ1v) is 28.0. The second kappa shape index (κ2) is 35.3. The van der Waals surface area contributed by atoms with E-state index in [1.54, 1.807) is 106 Å². The van der Waals surface area contributed by atoms with Gasteiger partial charge in [-0.3, -0.25) is 48.4 Å². The molecule has 1 saturated heterocycles. The summed E-state index contributed by atoms with van der Waals surface area (Å²) < 4.78 is 30.1. The van der Waals surface area contributed by atoms with Gasteiger partial charge >= 0.3 is 41.9 Å². The van der Waals surface area contributed by atoms with Gasteiger partial charge in [-0.25, -0.2) is 9.59 Å². The molecule has 3 aromatic carbocycles. The van der Waals surface area contributed by atoms with Crippen LogP contribution in [0, 0.1) is 6.92 Å². The van der Waals surface area contributed by atoms with E-state index in [1.165, 1.54) is 4.57 Å². The highest BCUT2D eigenvalue weighted by Crippen LogP contribution is 2.30. The van der Waals surface area contributed by atoms with Crippen LogP contribution in [0.5, 0.6) is 17.2 Å². The lowest BCUT2D eigenvalue weighted by atomic mass is 10.0. The molecular weight excluding hydrogens is 1130 g/mol. The highest BCUT2D eigenvalue weighted by Gasteiger charge is 2.29. The first-order chi connectivity index (χ1) is 40.7. The molecular formula is C57H76ClN9O18. The molecule has 1 aliphatic rings. The number of hydrogen-bond donors (Lipinski definition) is 9. The number of carboxylic acids is 5. The van der Waals surface area contributed by atoms with Crippen LogP contribution in [0.15, 0.2) is 77.7 Å². The first-order valence-electron chi connectivity index (χ1n) is 27.6. The number of benzene rings is 3. The van der Waals surface area contributed by atoms with Crippen LogP contribution < -0.4 is 41.0 Å². The van der Waals surface area contributed by atoms with Crippen LogP contribution in [-0.4, -0.2) is 222 Å². The number of amides is 4. The normalized spacial score (nSPS) is 15.1. The number of aryl methyl sites for hydroxylation is 1. The summed E-state index contributed by atoms with van der Waals surface area (Å²) in [5.41, 5.74) is 1.75. The highest BCUT2D eigenvalue weighted by atomic mass is 35.5. The van der Waals surface area contributed by atoms with E-state index in [4.69, 9.17) is 35.3 Å². The van der Waals surface area contributed by atoms with Crippen molar-refractivity contribution in [2.45, 2.75) is 52.2 Å². The zero-order valence-electron chi connectivity index (χ0n) is 47.8. The first kappa shape index (κ1) is 67.7. The van der Waals surface area contributed by atoms with Crippen LogP contribution in [0.25, 0.3) is 0 Å². The van der Waals surface area contributed by atoms with Crippen molar-refractivity contribution in [3.63, 3.8) is 0 Å². The van der Waals surface area contributed by atoms with Gasteiger partial charge in [-0.15, -0.1) is 0 Å². The van der Waals surface area contributed by atoms with Crippen LogP contribution in [0.2, 0.25) is 5.02 Å². The lowest BCUT2D eigenvalue weighted by Gasteiger charge is -2.37. The maximum Gasteiger partial charge on any atom is 0.319 e. The highest BCUT2D eigenvalue weighted by molar-refractivity contribution is 6.31. The minimum atomic E-state index is -1.18. The van der Waals surface area contributed by atoms with Crippen molar-refractivity contribution in [3.05, 3.63) is 111 Å². The summed E-state index contributed by atoms with van der Waals surface area (Å²) in [5, 5.41) is 59.6. The van der Waals surface area contributed by atoms with Crippen molar-refractivity contribution >= 4 is 64.9 Å². The molecule has 2 heterocycles. The Hall–Kier alpha value is -8.05. The summed E-state index contributed by atoms with van der Waals surface area (Å²) in [6, 6.07) is 15.6. The summed E-state index contributed by atoms with van der Waals surface area (Å²) >= 11 is 6.58. The molecule has 0 aliphatic carbocycles. The summed E-state index contributed by atoms with van der Waals surface area (Å²) in [6.07, 6.45) is 1.33. The van der Waals surface area contributed by atoms with Gasteiger partial charge in [0.25, 0.3) is 5.56 Å². The van der Waals surface area contributed by atoms with E-state index in [1.807, 2.05) is 6.92 Å². The van der Waals surface area contributed by atoms with E-state index in [2.05, 4.69) is 21.3 Å². The molecule has 28 heteroatoms. The number of aliphatic carboxylic acids is 5. The number of nitrogens with one attached hydrogen (secondary N) is 4. The number of ether oxygens (including phenoxy) is 5. The molecule has 0 bridgehead atoms. The average molecular weight is 1210 g/mol. The molecule has 2 atom stereocenters. The number of carbonyl (C=O) groups excluding carboxylic acids is 2. The third kappa shape index (κ3) is 23.9. The molecule has 464 valence electrons. The van der Waals surface area contributed by atoms with Crippen LogP contribution in [-0.2, 0) is 46.4 Å². The van der Waals surface area contributed by atoms with Gasteiger partial charge in [-0.2, -0.15) is 0 Å². The topological polar surface area (TPSA) is 350 Å². The number of urea groups is 2. The number of rotatable bonds is 32. The number of carbonyl (C=O) groups is 7. The van der Waals surface area contributed by atoms with E-state index in [0.717, 1.165) is 5.56 Å². The maximum absolute atomic E-state index is 14.3. The quantitative estimate of drug-likeness (QED) is 0.0315. The van der Waals surface area contributed by atoms with Gasteiger partial charge in [0.1, 0.15) is 18.1 Å². The SMILES string of the molecule is CCOc1cccc(C(CC(=O)O)NC(=O)Nc2c(OCCOCCOCCNC(=O)Nc3ccc(CC4CN(CC(=O)O)CCN(CC(=O)O)CCN(CC(=O)O)CCN4CC(=O)O)cc3)c(C)cn(Cc3c(Cl)cccc3OCC)c2=O)c1. The van der Waals surface area contributed by atoms with Crippen molar-refractivity contribution in [2.24, 2.45) is 0 Å². The van der Waals surface area contributed by atoms with Gasteiger partial charge in [0, 0.05) is 86.4 Å². The Labute approximate surface area is 496 Å². The molecule has 1 aliphatic heterocycles. The smallest absolute Gasteiger partial charge is 0.319 e. The molecule has 5 rings (SSSR count). The number of halogens is 1. The minimum absolute atomic E-state index is 0.0295. The molecule has 85 heavy (non-hydrogen) atoms. The number of carboxylic acid groups (broad SMARTS) is 5. The fourth-order valence-corrected chi connectivity index (χ4v) is 9.59. The average Bonchev–Trinajstić information content (AvgIpc) is 2.67. The molecule has 1 aromatic heterocycles. The van der Waals surface area contributed by atoms with Crippen LogP contribution in [0.4, 0.5) is 21.0 Å². The fourth-order valence-electron chi connectivity index (χ4n) is 9.37. The third-order valence-electron chi connectivity index (χ3n) is 13.2. The molecule has 4 amide bonds. The van der Waals surface area contributed by atoms with Gasteiger partial charge < -0.3 is 75.1 Å². The summed E-state index contributed by atoms with van der Waals surface area (Å²) in [7, 11) is 0.